The van der Waals surface area contributed by atoms with Gasteiger partial charge >= 0.3 is 0 Å². The van der Waals surface area contributed by atoms with Crippen LogP contribution in [0.15, 0.2) is 60.1 Å². The number of benzene rings is 2. The van der Waals surface area contributed by atoms with E-state index in [2.05, 4.69) is 71.0 Å². The lowest BCUT2D eigenvalue weighted by Crippen LogP contribution is -2.25. The molecule has 0 heterocycles. The molecule has 0 fully saturated rings. The van der Waals surface area contributed by atoms with Gasteiger partial charge in [-0.25, -0.2) is 0 Å². The summed E-state index contributed by atoms with van der Waals surface area (Å²) in [6.07, 6.45) is 3.28. The summed E-state index contributed by atoms with van der Waals surface area (Å²) in [5.41, 5.74) is 4.97. The van der Waals surface area contributed by atoms with Crippen LogP contribution in [0.5, 0.6) is 0 Å². The van der Waals surface area contributed by atoms with E-state index in [0.717, 1.165) is 29.6 Å². The van der Waals surface area contributed by atoms with Crippen molar-refractivity contribution in [3.8, 4) is 11.1 Å². The van der Waals surface area contributed by atoms with Crippen LogP contribution < -0.4 is 0 Å². The van der Waals surface area contributed by atoms with Gasteiger partial charge < -0.3 is 0 Å². The fourth-order valence-corrected chi connectivity index (χ4v) is 4.20. The van der Waals surface area contributed by atoms with Crippen molar-refractivity contribution in [2.75, 3.05) is 5.33 Å². The van der Waals surface area contributed by atoms with E-state index in [1.165, 1.54) is 22.3 Å². The van der Waals surface area contributed by atoms with E-state index < -0.39 is 0 Å². The van der Waals surface area contributed by atoms with Crippen LogP contribution in [0.25, 0.3) is 11.1 Å². The third kappa shape index (κ3) is 2.27. The number of halogens is 2. The molecule has 0 nitrogen and oxygen atoms in total. The third-order valence-corrected chi connectivity index (χ3v) is 5.35. The van der Waals surface area contributed by atoms with Gasteiger partial charge in [0.05, 0.1) is 5.41 Å². The normalized spacial score (nSPS) is 14.6. The Labute approximate surface area is 140 Å². The van der Waals surface area contributed by atoms with Gasteiger partial charge in [-0.3, -0.25) is 0 Å². The maximum Gasteiger partial charge on any atom is 0.0564 e. The Morgan fingerprint density at radius 2 is 1.48 bits per heavy atom. The van der Waals surface area contributed by atoms with Crippen LogP contribution in [-0.2, 0) is 5.41 Å². The lowest BCUT2D eigenvalue weighted by atomic mass is 9.74. The Balaban J connectivity index is 2.20. The van der Waals surface area contributed by atoms with Crippen LogP contribution in [0.1, 0.15) is 30.4 Å². The molecule has 0 N–H and O–H groups in total. The van der Waals surface area contributed by atoms with Gasteiger partial charge in [0.2, 0.25) is 0 Å². The minimum absolute atomic E-state index is 0.239. The molecule has 0 unspecified atom stereocenters. The minimum Gasteiger partial charge on any atom is -0.0928 e. The fourth-order valence-electron chi connectivity index (χ4n) is 3.51. The van der Waals surface area contributed by atoms with Crippen LogP contribution >= 0.6 is 27.5 Å². The van der Waals surface area contributed by atoms with E-state index in [1.807, 2.05) is 0 Å². The predicted octanol–water partition coefficient (Wildman–Crippen LogP) is 6.27. The summed E-state index contributed by atoms with van der Waals surface area (Å²) in [5, 5.41) is 1.76. The molecule has 21 heavy (non-hydrogen) atoms. The Bertz CT molecular complexity index is 629. The van der Waals surface area contributed by atoms with Gasteiger partial charge in [0, 0.05) is 10.4 Å². The molecule has 1 aliphatic rings. The molecule has 2 heteroatoms. The highest BCUT2D eigenvalue weighted by molar-refractivity contribution is 9.09. The molecule has 108 valence electrons. The molecule has 0 aliphatic heterocycles. The highest BCUT2D eigenvalue weighted by atomic mass is 79.9. The standard InChI is InChI=1S/C19H18BrCl/c1-14(21)19(12-6-7-13-20)17-10-4-2-8-15(17)16-9-3-5-11-18(16)19/h2-5,8-11H,1,6-7,12-13H2. The largest absolute Gasteiger partial charge is 0.0928 e. The second-order valence-electron chi connectivity index (χ2n) is 5.55. The van der Waals surface area contributed by atoms with Gasteiger partial charge in [-0.2, -0.15) is 0 Å². The van der Waals surface area contributed by atoms with E-state index in [-0.39, 0.29) is 5.41 Å². The van der Waals surface area contributed by atoms with Gasteiger partial charge in [0.1, 0.15) is 0 Å². The highest BCUT2D eigenvalue weighted by Gasteiger charge is 2.44. The average molecular weight is 362 g/mol. The summed E-state index contributed by atoms with van der Waals surface area (Å²) in [5.74, 6) is 0. The summed E-state index contributed by atoms with van der Waals surface area (Å²) in [6, 6.07) is 17.2. The van der Waals surface area contributed by atoms with E-state index >= 15 is 0 Å². The summed E-state index contributed by atoms with van der Waals surface area (Å²) in [7, 11) is 0. The summed E-state index contributed by atoms with van der Waals surface area (Å²) < 4.78 is 0. The topological polar surface area (TPSA) is 0 Å². The molecule has 0 atom stereocenters. The first-order valence-electron chi connectivity index (χ1n) is 7.32. The Morgan fingerprint density at radius 1 is 0.952 bits per heavy atom. The molecule has 0 saturated carbocycles. The van der Waals surface area contributed by atoms with Gasteiger partial charge in [0.25, 0.3) is 0 Å². The molecule has 2 aromatic carbocycles. The molecule has 2 aromatic rings. The molecule has 0 aromatic heterocycles. The first kappa shape index (κ1) is 14.9. The lowest BCUT2D eigenvalue weighted by Gasteiger charge is -2.31. The molecule has 0 bridgehead atoms. The quantitative estimate of drug-likeness (QED) is 0.435. The maximum absolute atomic E-state index is 6.57. The maximum atomic E-state index is 6.57. The van der Waals surface area contributed by atoms with Crippen molar-refractivity contribution >= 4 is 27.5 Å². The molecular formula is C19H18BrCl. The lowest BCUT2D eigenvalue weighted by molar-refractivity contribution is 0.550. The van der Waals surface area contributed by atoms with Gasteiger partial charge in [-0.1, -0.05) is 89.1 Å². The predicted molar refractivity (Wildman–Crippen MR) is 95.3 cm³/mol. The number of fused-ring (bicyclic) bond motifs is 3. The fraction of sp³-hybridized carbons (Fsp3) is 0.263. The molecular weight excluding hydrogens is 344 g/mol. The Hall–Kier alpha value is -1.05. The SMILES string of the molecule is C=C(Cl)C1(CCCCBr)c2ccccc2-c2ccccc21. The van der Waals surface area contributed by atoms with Crippen LogP contribution in [0.4, 0.5) is 0 Å². The third-order valence-electron chi connectivity index (χ3n) is 4.46. The number of allylic oxidation sites excluding steroid dienone is 1. The number of rotatable bonds is 5. The highest BCUT2D eigenvalue weighted by Crippen LogP contribution is 2.55. The van der Waals surface area contributed by atoms with E-state index in [9.17, 15) is 0 Å². The van der Waals surface area contributed by atoms with Crippen LogP contribution in [0.2, 0.25) is 0 Å². The number of alkyl halides is 1. The first-order chi connectivity index (χ1) is 10.2. The van der Waals surface area contributed by atoms with Crippen molar-refractivity contribution in [2.45, 2.75) is 24.7 Å². The molecule has 0 radical (unpaired) electrons. The smallest absolute Gasteiger partial charge is 0.0564 e. The van der Waals surface area contributed by atoms with Gasteiger partial charge in [-0.15, -0.1) is 0 Å². The first-order valence-corrected chi connectivity index (χ1v) is 8.82. The van der Waals surface area contributed by atoms with E-state index in [1.54, 1.807) is 0 Å². The van der Waals surface area contributed by atoms with Crippen molar-refractivity contribution in [1.29, 1.82) is 0 Å². The molecule has 0 saturated heterocycles. The number of unbranched alkanes of at least 4 members (excludes halogenated alkanes) is 1. The Morgan fingerprint density at radius 3 is 1.95 bits per heavy atom. The van der Waals surface area contributed by atoms with Crippen molar-refractivity contribution < 1.29 is 0 Å². The summed E-state index contributed by atoms with van der Waals surface area (Å²) >= 11 is 10.1. The second kappa shape index (κ2) is 5.98. The van der Waals surface area contributed by atoms with Crippen LogP contribution in [0, 0.1) is 0 Å². The summed E-state index contributed by atoms with van der Waals surface area (Å²) in [6.45, 7) is 4.14. The zero-order chi connectivity index (χ0) is 14.9. The summed E-state index contributed by atoms with van der Waals surface area (Å²) in [4.78, 5) is 0. The number of hydrogen-bond acceptors (Lipinski definition) is 0. The monoisotopic (exact) mass is 360 g/mol. The van der Waals surface area contributed by atoms with E-state index in [0.29, 0.717) is 0 Å². The molecule has 0 spiro atoms. The zero-order valence-electron chi connectivity index (χ0n) is 11.9. The van der Waals surface area contributed by atoms with Gasteiger partial charge in [0.15, 0.2) is 0 Å². The van der Waals surface area contributed by atoms with Crippen molar-refractivity contribution in [1.82, 2.24) is 0 Å². The van der Waals surface area contributed by atoms with Crippen molar-refractivity contribution in [2.24, 2.45) is 0 Å². The molecule has 1 aliphatic carbocycles. The van der Waals surface area contributed by atoms with Crippen LogP contribution in [0.3, 0.4) is 0 Å². The minimum atomic E-state index is -0.239. The van der Waals surface area contributed by atoms with E-state index in [4.69, 9.17) is 11.6 Å². The van der Waals surface area contributed by atoms with Gasteiger partial charge in [-0.05, 0) is 35.1 Å². The second-order valence-corrected chi connectivity index (χ2v) is 6.80. The zero-order valence-corrected chi connectivity index (χ0v) is 14.3. The van der Waals surface area contributed by atoms with Crippen LogP contribution in [-0.4, -0.2) is 5.33 Å². The van der Waals surface area contributed by atoms with Crippen molar-refractivity contribution in [3.63, 3.8) is 0 Å². The van der Waals surface area contributed by atoms with Crippen molar-refractivity contribution in [3.05, 3.63) is 71.3 Å². The average Bonchev–Trinajstić information content (AvgIpc) is 2.80. The number of hydrogen-bond donors (Lipinski definition) is 0. The molecule has 0 amide bonds. The Kier molecular flexibility index (Phi) is 4.24. The molecule has 3 rings (SSSR count).